The highest BCUT2D eigenvalue weighted by atomic mass is 79.9. The maximum absolute atomic E-state index is 6.25. The van der Waals surface area contributed by atoms with Gasteiger partial charge in [0.25, 0.3) is 0 Å². The Morgan fingerprint density at radius 3 is 2.55 bits per heavy atom. The zero-order valence-electron chi connectivity index (χ0n) is 10.8. The molecule has 1 nitrogen and oxygen atoms in total. The van der Waals surface area contributed by atoms with Crippen molar-refractivity contribution in [2.75, 3.05) is 7.05 Å². The summed E-state index contributed by atoms with van der Waals surface area (Å²) in [6, 6.07) is 11.6. The molecular weight excluding hydrogens is 380 g/mol. The fourth-order valence-electron chi connectivity index (χ4n) is 2.08. The van der Waals surface area contributed by atoms with Crippen LogP contribution in [0.15, 0.2) is 40.9 Å². The first-order valence-corrected chi connectivity index (χ1v) is 8.00. The summed E-state index contributed by atoms with van der Waals surface area (Å²) < 4.78 is 0.975. The molecule has 0 amide bonds. The minimum absolute atomic E-state index is 0.123. The van der Waals surface area contributed by atoms with Gasteiger partial charge >= 0.3 is 0 Å². The lowest BCUT2D eigenvalue weighted by Gasteiger charge is -2.19. The molecule has 1 N–H and O–H groups in total. The average molecular weight is 394 g/mol. The molecule has 5 heteroatoms. The fourth-order valence-corrected chi connectivity index (χ4v) is 3.43. The number of hydrogen-bond acceptors (Lipinski definition) is 1. The third kappa shape index (κ3) is 3.69. The zero-order valence-corrected chi connectivity index (χ0v) is 14.6. The molecule has 1 unspecified atom stereocenters. The number of hydrogen-bond donors (Lipinski definition) is 1. The Hall–Kier alpha value is -0.250. The van der Waals surface area contributed by atoms with E-state index in [1.165, 1.54) is 0 Å². The van der Waals surface area contributed by atoms with E-state index in [-0.39, 0.29) is 6.04 Å². The van der Waals surface area contributed by atoms with E-state index < -0.39 is 0 Å². The highest BCUT2D eigenvalue weighted by Crippen LogP contribution is 2.32. The molecule has 1 atom stereocenters. The first kappa shape index (κ1) is 16.1. The summed E-state index contributed by atoms with van der Waals surface area (Å²) in [6.07, 6.45) is 0.746. The molecule has 0 heterocycles. The highest BCUT2D eigenvalue weighted by molar-refractivity contribution is 9.10. The van der Waals surface area contributed by atoms with E-state index in [0.29, 0.717) is 15.1 Å². The summed E-state index contributed by atoms with van der Waals surface area (Å²) in [4.78, 5) is 0. The van der Waals surface area contributed by atoms with E-state index in [2.05, 4.69) is 21.2 Å². The van der Waals surface area contributed by atoms with Crippen LogP contribution < -0.4 is 5.32 Å². The Balaban J connectivity index is 2.31. The smallest absolute Gasteiger partial charge is 0.0624 e. The molecule has 0 aromatic heterocycles. The van der Waals surface area contributed by atoms with Crippen LogP contribution in [-0.2, 0) is 6.42 Å². The Morgan fingerprint density at radius 1 is 1.15 bits per heavy atom. The molecule has 2 aromatic carbocycles. The summed E-state index contributed by atoms with van der Waals surface area (Å²) in [6.45, 7) is 0. The molecule has 0 aliphatic carbocycles. The van der Waals surface area contributed by atoms with Crippen molar-refractivity contribution in [3.05, 3.63) is 67.1 Å². The fraction of sp³-hybridized carbons (Fsp3) is 0.200. The summed E-state index contributed by atoms with van der Waals surface area (Å²) in [5.74, 6) is 0. The topological polar surface area (TPSA) is 12.0 Å². The molecule has 0 saturated heterocycles. The van der Waals surface area contributed by atoms with Gasteiger partial charge < -0.3 is 5.32 Å². The van der Waals surface area contributed by atoms with Crippen LogP contribution >= 0.6 is 50.7 Å². The van der Waals surface area contributed by atoms with E-state index in [1.807, 2.05) is 37.4 Å². The predicted octanol–water partition coefficient (Wildman–Crippen LogP) is 5.91. The Kier molecular flexibility index (Phi) is 5.76. The molecule has 20 heavy (non-hydrogen) atoms. The van der Waals surface area contributed by atoms with Crippen molar-refractivity contribution >= 4 is 50.7 Å². The maximum atomic E-state index is 6.25. The van der Waals surface area contributed by atoms with E-state index >= 15 is 0 Å². The van der Waals surface area contributed by atoms with E-state index in [0.717, 1.165) is 22.0 Å². The molecule has 0 aliphatic rings. The number of halogens is 4. The molecule has 0 fully saturated rings. The maximum Gasteiger partial charge on any atom is 0.0624 e. The Labute approximate surface area is 142 Å². The molecule has 2 rings (SSSR count). The van der Waals surface area contributed by atoms with Crippen molar-refractivity contribution in [1.29, 1.82) is 0 Å². The second kappa shape index (κ2) is 7.15. The second-order valence-electron chi connectivity index (χ2n) is 4.42. The van der Waals surface area contributed by atoms with Crippen molar-refractivity contribution < 1.29 is 0 Å². The van der Waals surface area contributed by atoms with Gasteiger partial charge in [-0.15, -0.1) is 0 Å². The quantitative estimate of drug-likeness (QED) is 0.681. The number of rotatable bonds is 4. The SMILES string of the molecule is CNC(Cc1cccc(Cl)c1Cl)c1ccc(Cl)cc1Br. The molecule has 2 aromatic rings. The Bertz CT molecular complexity index is 616. The van der Waals surface area contributed by atoms with Gasteiger partial charge in [0.05, 0.1) is 10.0 Å². The lowest BCUT2D eigenvalue weighted by atomic mass is 9.99. The monoisotopic (exact) mass is 391 g/mol. The van der Waals surface area contributed by atoms with Crippen LogP contribution in [0.3, 0.4) is 0 Å². The van der Waals surface area contributed by atoms with Crippen LogP contribution in [0.4, 0.5) is 0 Å². The normalized spacial score (nSPS) is 12.4. The summed E-state index contributed by atoms with van der Waals surface area (Å²) in [5, 5.41) is 5.19. The van der Waals surface area contributed by atoms with Gasteiger partial charge in [-0.1, -0.05) is 68.9 Å². The molecule has 0 bridgehead atoms. The van der Waals surface area contributed by atoms with Gasteiger partial charge in [0.1, 0.15) is 0 Å². The second-order valence-corrected chi connectivity index (χ2v) is 6.50. The van der Waals surface area contributed by atoms with E-state index in [1.54, 1.807) is 6.07 Å². The van der Waals surface area contributed by atoms with Gasteiger partial charge in [-0.05, 0) is 42.8 Å². The third-order valence-corrected chi connectivity index (χ3v) is 4.92. The Morgan fingerprint density at radius 2 is 1.90 bits per heavy atom. The van der Waals surface area contributed by atoms with Crippen LogP contribution in [0.25, 0.3) is 0 Å². The summed E-state index contributed by atoms with van der Waals surface area (Å²) in [5.41, 5.74) is 2.15. The largest absolute Gasteiger partial charge is 0.313 e. The summed E-state index contributed by atoms with van der Waals surface area (Å²) in [7, 11) is 1.92. The molecule has 0 spiro atoms. The van der Waals surface area contributed by atoms with Crippen LogP contribution in [0, 0.1) is 0 Å². The van der Waals surface area contributed by atoms with Crippen LogP contribution in [-0.4, -0.2) is 7.05 Å². The van der Waals surface area contributed by atoms with Crippen LogP contribution in [0.2, 0.25) is 15.1 Å². The molecular formula is C15H13BrCl3N. The van der Waals surface area contributed by atoms with Crippen molar-refractivity contribution in [1.82, 2.24) is 5.32 Å². The molecule has 0 saturated carbocycles. The average Bonchev–Trinajstić information content (AvgIpc) is 2.41. The minimum Gasteiger partial charge on any atom is -0.313 e. The van der Waals surface area contributed by atoms with Crippen molar-refractivity contribution in [2.45, 2.75) is 12.5 Å². The zero-order chi connectivity index (χ0) is 14.7. The van der Waals surface area contributed by atoms with Crippen LogP contribution in [0.1, 0.15) is 17.2 Å². The van der Waals surface area contributed by atoms with Crippen LogP contribution in [0.5, 0.6) is 0 Å². The molecule has 0 radical (unpaired) electrons. The van der Waals surface area contributed by atoms with Crippen molar-refractivity contribution in [3.8, 4) is 0 Å². The standard InChI is InChI=1S/C15H13BrCl3N/c1-20-14(11-6-5-10(17)8-12(11)16)7-9-3-2-4-13(18)15(9)19/h2-6,8,14,20H,7H2,1H3. The van der Waals surface area contributed by atoms with Gasteiger partial charge in [-0.2, -0.15) is 0 Å². The van der Waals surface area contributed by atoms with Gasteiger partial charge in [0.15, 0.2) is 0 Å². The molecule has 106 valence electrons. The number of nitrogens with one attached hydrogen (secondary N) is 1. The highest BCUT2D eigenvalue weighted by Gasteiger charge is 2.16. The summed E-state index contributed by atoms with van der Waals surface area (Å²) >= 11 is 21.8. The van der Waals surface area contributed by atoms with Crippen molar-refractivity contribution in [2.24, 2.45) is 0 Å². The van der Waals surface area contributed by atoms with E-state index in [9.17, 15) is 0 Å². The lowest BCUT2D eigenvalue weighted by molar-refractivity contribution is 0.590. The lowest BCUT2D eigenvalue weighted by Crippen LogP contribution is -2.19. The van der Waals surface area contributed by atoms with E-state index in [4.69, 9.17) is 34.8 Å². The molecule has 0 aliphatic heterocycles. The third-order valence-electron chi connectivity index (χ3n) is 3.14. The number of benzene rings is 2. The van der Waals surface area contributed by atoms with Crippen molar-refractivity contribution in [3.63, 3.8) is 0 Å². The van der Waals surface area contributed by atoms with Gasteiger partial charge in [0.2, 0.25) is 0 Å². The van der Waals surface area contributed by atoms with Gasteiger partial charge in [-0.25, -0.2) is 0 Å². The first-order chi connectivity index (χ1) is 9.52. The predicted molar refractivity (Wildman–Crippen MR) is 91.1 cm³/mol. The van der Waals surface area contributed by atoms with Gasteiger partial charge in [-0.3, -0.25) is 0 Å². The minimum atomic E-state index is 0.123. The first-order valence-electron chi connectivity index (χ1n) is 6.08. The number of likely N-dealkylation sites (N-methyl/N-ethyl adjacent to an activating group) is 1. The van der Waals surface area contributed by atoms with Gasteiger partial charge in [0, 0.05) is 15.5 Å².